The third kappa shape index (κ3) is 5.73. The van der Waals surface area contributed by atoms with Gasteiger partial charge in [-0.05, 0) is 42.9 Å². The van der Waals surface area contributed by atoms with Crippen molar-refractivity contribution in [3.8, 4) is 5.75 Å². The Bertz CT molecular complexity index is 368. The molecule has 0 spiro atoms. The zero-order valence-electron chi connectivity index (χ0n) is 10.8. The molecule has 0 amide bonds. The molecule has 0 bridgehead atoms. The Hall–Kier alpha value is -0.230. The molecule has 3 nitrogen and oxygen atoms in total. The number of hydrogen-bond acceptors (Lipinski definition) is 4. The van der Waals surface area contributed by atoms with Gasteiger partial charge in [-0.25, -0.2) is 0 Å². The zero-order chi connectivity index (χ0) is 13.5. The van der Waals surface area contributed by atoms with Gasteiger partial charge < -0.3 is 15.2 Å². The molecule has 1 aliphatic heterocycles. The van der Waals surface area contributed by atoms with E-state index in [9.17, 15) is 5.11 Å². The Morgan fingerprint density at radius 3 is 2.89 bits per heavy atom. The summed E-state index contributed by atoms with van der Waals surface area (Å²) < 4.78 is 6.55. The van der Waals surface area contributed by atoms with Crippen LogP contribution in [0.1, 0.15) is 12.8 Å². The maximum Gasteiger partial charge on any atom is 0.119 e. The highest BCUT2D eigenvalue weighted by atomic mass is 79.9. The summed E-state index contributed by atoms with van der Waals surface area (Å²) >= 11 is 5.40. The summed E-state index contributed by atoms with van der Waals surface area (Å²) in [6, 6.07) is 7.63. The van der Waals surface area contributed by atoms with Gasteiger partial charge in [0.1, 0.15) is 18.5 Å². The lowest BCUT2D eigenvalue weighted by molar-refractivity contribution is 0.106. The molecule has 5 heteroatoms. The van der Waals surface area contributed by atoms with E-state index in [1.807, 2.05) is 36.0 Å². The monoisotopic (exact) mass is 345 g/mol. The van der Waals surface area contributed by atoms with E-state index in [0.29, 0.717) is 13.2 Å². The fourth-order valence-electron chi connectivity index (χ4n) is 2.00. The van der Waals surface area contributed by atoms with Gasteiger partial charge in [-0.15, -0.1) is 0 Å². The van der Waals surface area contributed by atoms with Crippen molar-refractivity contribution in [2.24, 2.45) is 0 Å². The van der Waals surface area contributed by atoms with E-state index in [2.05, 4.69) is 21.2 Å². The van der Waals surface area contributed by atoms with Crippen LogP contribution in [0.25, 0.3) is 0 Å². The second-order valence-corrected chi connectivity index (χ2v) is 7.04. The van der Waals surface area contributed by atoms with Crippen molar-refractivity contribution >= 4 is 27.7 Å². The number of hydrogen-bond donors (Lipinski definition) is 2. The van der Waals surface area contributed by atoms with Gasteiger partial charge in [-0.2, -0.15) is 11.8 Å². The molecule has 1 aliphatic rings. The summed E-state index contributed by atoms with van der Waals surface area (Å²) in [6.45, 7) is 1.90. The quantitative estimate of drug-likeness (QED) is 0.797. The summed E-state index contributed by atoms with van der Waals surface area (Å²) in [5.41, 5.74) is 0. The van der Waals surface area contributed by atoms with Crippen molar-refractivity contribution in [3.05, 3.63) is 28.7 Å². The lowest BCUT2D eigenvalue weighted by atomic mass is 10.2. The highest BCUT2D eigenvalue weighted by Gasteiger charge is 2.15. The van der Waals surface area contributed by atoms with Crippen molar-refractivity contribution in [1.82, 2.24) is 5.32 Å². The van der Waals surface area contributed by atoms with Gasteiger partial charge in [0.15, 0.2) is 0 Å². The summed E-state index contributed by atoms with van der Waals surface area (Å²) in [6.07, 6.45) is 2.16. The Morgan fingerprint density at radius 1 is 1.42 bits per heavy atom. The van der Waals surface area contributed by atoms with Gasteiger partial charge in [0, 0.05) is 22.8 Å². The van der Waals surface area contributed by atoms with E-state index in [1.165, 1.54) is 18.6 Å². The first-order valence-electron chi connectivity index (χ1n) is 6.63. The van der Waals surface area contributed by atoms with Crippen LogP contribution in [0.4, 0.5) is 0 Å². The topological polar surface area (TPSA) is 41.5 Å². The number of halogens is 1. The summed E-state index contributed by atoms with van der Waals surface area (Å²) in [7, 11) is 0. The summed E-state index contributed by atoms with van der Waals surface area (Å²) in [5, 5.41) is 13.9. The molecule has 0 aliphatic carbocycles. The Labute approximate surface area is 127 Å². The van der Waals surface area contributed by atoms with Crippen LogP contribution in [-0.2, 0) is 0 Å². The Balaban J connectivity index is 1.58. The van der Waals surface area contributed by atoms with Gasteiger partial charge in [-0.1, -0.05) is 15.9 Å². The average molecular weight is 346 g/mol. The fraction of sp³-hybridized carbons (Fsp3) is 0.571. The van der Waals surface area contributed by atoms with Crippen LogP contribution in [0.3, 0.4) is 0 Å². The lowest BCUT2D eigenvalue weighted by Crippen LogP contribution is -2.34. The first-order chi connectivity index (χ1) is 9.24. The first kappa shape index (κ1) is 15.2. The minimum atomic E-state index is -0.463. The third-order valence-electron chi connectivity index (χ3n) is 3.03. The smallest absolute Gasteiger partial charge is 0.119 e. The van der Waals surface area contributed by atoms with E-state index >= 15 is 0 Å². The van der Waals surface area contributed by atoms with Crippen LogP contribution in [0.2, 0.25) is 0 Å². The largest absolute Gasteiger partial charge is 0.491 e. The van der Waals surface area contributed by atoms with Gasteiger partial charge in [0.2, 0.25) is 0 Å². The highest BCUT2D eigenvalue weighted by Crippen LogP contribution is 2.25. The molecule has 0 saturated carbocycles. The van der Waals surface area contributed by atoms with Crippen LogP contribution in [0.15, 0.2) is 28.7 Å². The molecule has 2 atom stereocenters. The molecular weight excluding hydrogens is 326 g/mol. The van der Waals surface area contributed by atoms with Crippen LogP contribution < -0.4 is 10.1 Å². The number of thioether (sulfide) groups is 1. The maximum atomic E-state index is 9.84. The predicted octanol–water partition coefficient (Wildman–Crippen LogP) is 2.67. The Kier molecular flexibility index (Phi) is 6.50. The molecule has 2 N–H and O–H groups in total. The fourth-order valence-corrected chi connectivity index (χ4v) is 3.50. The second kappa shape index (κ2) is 8.15. The molecule has 1 heterocycles. The van der Waals surface area contributed by atoms with Gasteiger partial charge in [0.25, 0.3) is 0 Å². The van der Waals surface area contributed by atoms with Crippen LogP contribution in [-0.4, -0.2) is 41.9 Å². The molecular formula is C14H20BrNO2S. The average Bonchev–Trinajstić information content (AvgIpc) is 2.91. The number of ether oxygens (including phenoxy) is 1. The minimum absolute atomic E-state index is 0.326. The van der Waals surface area contributed by atoms with E-state index in [4.69, 9.17) is 4.74 Å². The minimum Gasteiger partial charge on any atom is -0.491 e. The summed E-state index contributed by atoms with van der Waals surface area (Å²) in [5.74, 6) is 2.07. The molecule has 19 heavy (non-hydrogen) atoms. The second-order valence-electron chi connectivity index (χ2n) is 4.71. The number of nitrogens with one attached hydrogen (secondary N) is 1. The summed E-state index contributed by atoms with van der Waals surface area (Å²) in [4.78, 5) is 0. The SMILES string of the molecule is OC(CNCC1CCCS1)COc1ccc(Br)cc1. The molecule has 1 fully saturated rings. The highest BCUT2D eigenvalue weighted by molar-refractivity contribution is 9.10. The molecule has 0 radical (unpaired) electrons. The van der Waals surface area contributed by atoms with Crippen molar-refractivity contribution in [1.29, 1.82) is 0 Å². The zero-order valence-corrected chi connectivity index (χ0v) is 13.3. The normalized spacial score (nSPS) is 20.4. The van der Waals surface area contributed by atoms with E-state index < -0.39 is 6.10 Å². The number of aliphatic hydroxyl groups is 1. The van der Waals surface area contributed by atoms with Gasteiger partial charge >= 0.3 is 0 Å². The number of rotatable bonds is 7. The molecule has 1 aromatic rings. The molecule has 0 aromatic heterocycles. The van der Waals surface area contributed by atoms with Crippen LogP contribution >= 0.6 is 27.7 Å². The van der Waals surface area contributed by atoms with Gasteiger partial charge in [0.05, 0.1) is 0 Å². The van der Waals surface area contributed by atoms with E-state index in [0.717, 1.165) is 22.0 Å². The lowest BCUT2D eigenvalue weighted by Gasteiger charge is -2.15. The molecule has 2 unspecified atom stereocenters. The first-order valence-corrected chi connectivity index (χ1v) is 8.47. The Morgan fingerprint density at radius 2 is 2.21 bits per heavy atom. The van der Waals surface area contributed by atoms with Crippen LogP contribution in [0, 0.1) is 0 Å². The molecule has 106 valence electrons. The predicted molar refractivity (Wildman–Crippen MR) is 84.0 cm³/mol. The van der Waals surface area contributed by atoms with Crippen molar-refractivity contribution in [3.63, 3.8) is 0 Å². The maximum absolute atomic E-state index is 9.84. The van der Waals surface area contributed by atoms with Gasteiger partial charge in [-0.3, -0.25) is 0 Å². The number of benzene rings is 1. The van der Waals surface area contributed by atoms with E-state index in [-0.39, 0.29) is 0 Å². The van der Waals surface area contributed by atoms with Crippen LogP contribution in [0.5, 0.6) is 5.75 Å². The molecule has 1 aromatic carbocycles. The van der Waals surface area contributed by atoms with Crippen molar-refractivity contribution in [2.45, 2.75) is 24.2 Å². The molecule has 2 rings (SSSR count). The third-order valence-corrected chi connectivity index (χ3v) is 4.96. The number of aliphatic hydroxyl groups excluding tert-OH is 1. The van der Waals surface area contributed by atoms with Crippen molar-refractivity contribution < 1.29 is 9.84 Å². The van der Waals surface area contributed by atoms with Crippen molar-refractivity contribution in [2.75, 3.05) is 25.4 Å². The standard InChI is InChI=1S/C14H20BrNO2S/c15-11-3-5-13(6-4-11)18-10-12(17)8-16-9-14-2-1-7-19-14/h3-6,12,14,16-17H,1-2,7-10H2. The molecule has 1 saturated heterocycles. The van der Waals surface area contributed by atoms with E-state index in [1.54, 1.807) is 0 Å².